The van der Waals surface area contributed by atoms with Crippen molar-refractivity contribution in [1.29, 1.82) is 0 Å². The van der Waals surface area contributed by atoms with Crippen LogP contribution in [0.5, 0.6) is 0 Å². The molecule has 0 atom stereocenters. The number of likely N-dealkylation sites (tertiary alicyclic amines) is 2. The Labute approximate surface area is 154 Å². The zero-order valence-corrected chi connectivity index (χ0v) is 15.1. The summed E-state index contributed by atoms with van der Waals surface area (Å²) in [5.41, 5.74) is 6.37. The first-order valence-corrected chi connectivity index (χ1v) is 9.44. The Kier molecular flexibility index (Phi) is 5.91. The van der Waals surface area contributed by atoms with E-state index in [4.69, 9.17) is 5.73 Å². The summed E-state index contributed by atoms with van der Waals surface area (Å²) in [4.78, 5) is 40.1. The van der Waals surface area contributed by atoms with Gasteiger partial charge in [-0.3, -0.25) is 14.4 Å². The van der Waals surface area contributed by atoms with Gasteiger partial charge in [-0.2, -0.15) is 0 Å². The fourth-order valence-corrected chi connectivity index (χ4v) is 3.90. The topological polar surface area (TPSA) is 83.7 Å². The summed E-state index contributed by atoms with van der Waals surface area (Å²) in [5.74, 6) is -0.0767. The third-order valence-electron chi connectivity index (χ3n) is 5.60. The van der Waals surface area contributed by atoms with Crippen LogP contribution < -0.4 is 5.73 Å². The molecule has 3 rings (SSSR count). The van der Waals surface area contributed by atoms with Crippen molar-refractivity contribution in [3.63, 3.8) is 0 Å². The first-order chi connectivity index (χ1) is 12.5. The van der Waals surface area contributed by atoms with Crippen LogP contribution in [0.2, 0.25) is 0 Å². The van der Waals surface area contributed by atoms with Crippen LogP contribution >= 0.6 is 0 Å². The van der Waals surface area contributed by atoms with Gasteiger partial charge in [0.25, 0.3) is 0 Å². The quantitative estimate of drug-likeness (QED) is 0.879. The van der Waals surface area contributed by atoms with E-state index in [1.54, 1.807) is 0 Å². The zero-order valence-electron chi connectivity index (χ0n) is 15.1. The lowest BCUT2D eigenvalue weighted by molar-refractivity contribution is -0.142. The van der Waals surface area contributed by atoms with Crippen molar-refractivity contribution < 1.29 is 14.4 Å². The minimum absolute atomic E-state index is 0.0131. The third-order valence-corrected chi connectivity index (χ3v) is 5.60. The Morgan fingerprint density at radius 3 is 1.96 bits per heavy atom. The van der Waals surface area contributed by atoms with Crippen LogP contribution in [0.1, 0.15) is 31.2 Å². The number of nitrogens with two attached hydrogens (primary N) is 1. The highest BCUT2D eigenvalue weighted by atomic mass is 16.2. The maximum atomic E-state index is 12.7. The van der Waals surface area contributed by atoms with E-state index >= 15 is 0 Å². The Morgan fingerprint density at radius 2 is 1.38 bits per heavy atom. The number of carbonyl (C=O) groups excluding carboxylic acids is 3. The number of amides is 3. The lowest BCUT2D eigenvalue weighted by Gasteiger charge is -2.36. The summed E-state index contributed by atoms with van der Waals surface area (Å²) in [7, 11) is 0. The van der Waals surface area contributed by atoms with Crippen LogP contribution in [0.4, 0.5) is 0 Å². The molecule has 26 heavy (non-hydrogen) atoms. The van der Waals surface area contributed by atoms with Gasteiger partial charge in [0.2, 0.25) is 17.7 Å². The number of hydrogen-bond donors (Lipinski definition) is 1. The van der Waals surface area contributed by atoms with E-state index in [1.165, 1.54) is 0 Å². The second kappa shape index (κ2) is 8.34. The van der Waals surface area contributed by atoms with E-state index in [2.05, 4.69) is 0 Å². The summed E-state index contributed by atoms with van der Waals surface area (Å²) in [6.07, 6.45) is 3.18. The lowest BCUT2D eigenvalue weighted by atomic mass is 9.91. The van der Waals surface area contributed by atoms with Crippen LogP contribution in [0, 0.1) is 11.8 Å². The number of benzene rings is 1. The molecule has 0 aromatic heterocycles. The van der Waals surface area contributed by atoms with Gasteiger partial charge >= 0.3 is 0 Å². The molecular formula is C20H27N3O3. The van der Waals surface area contributed by atoms with E-state index in [0.717, 1.165) is 18.4 Å². The molecule has 140 valence electrons. The van der Waals surface area contributed by atoms with Crippen LogP contribution in [0.3, 0.4) is 0 Å². The number of rotatable bonds is 4. The maximum Gasteiger partial charge on any atom is 0.226 e. The van der Waals surface area contributed by atoms with Crippen LogP contribution in [-0.2, 0) is 20.8 Å². The molecule has 1 aromatic carbocycles. The molecule has 2 N–H and O–H groups in total. The fraction of sp³-hybridized carbons (Fsp3) is 0.550. The van der Waals surface area contributed by atoms with Crippen molar-refractivity contribution in [3.05, 3.63) is 35.9 Å². The fourth-order valence-electron chi connectivity index (χ4n) is 3.90. The second-order valence-electron chi connectivity index (χ2n) is 7.32. The standard InChI is InChI=1S/C20H27N3O3/c21-19(25)16-6-12-23(13-7-16)20(26)17-8-10-22(11-9-17)18(24)14-15-4-2-1-3-5-15/h1-5,16-17H,6-14H2,(H2,21,25). The van der Waals surface area contributed by atoms with Crippen LogP contribution in [0.25, 0.3) is 0 Å². The molecule has 0 bridgehead atoms. The predicted octanol–water partition coefficient (Wildman–Crippen LogP) is 1.19. The first kappa shape index (κ1) is 18.4. The summed E-state index contributed by atoms with van der Waals surface area (Å²) in [5, 5.41) is 0. The average molecular weight is 357 g/mol. The number of carbonyl (C=O) groups is 3. The van der Waals surface area contributed by atoms with Gasteiger partial charge < -0.3 is 15.5 Å². The third kappa shape index (κ3) is 4.42. The van der Waals surface area contributed by atoms with Crippen LogP contribution in [0.15, 0.2) is 30.3 Å². The Morgan fingerprint density at radius 1 is 0.846 bits per heavy atom. The smallest absolute Gasteiger partial charge is 0.226 e. The molecule has 6 heteroatoms. The number of nitrogens with zero attached hydrogens (tertiary/aromatic N) is 2. The molecule has 0 saturated carbocycles. The Hall–Kier alpha value is -2.37. The van der Waals surface area contributed by atoms with E-state index < -0.39 is 0 Å². The predicted molar refractivity (Wildman–Crippen MR) is 97.9 cm³/mol. The molecule has 0 aliphatic carbocycles. The highest BCUT2D eigenvalue weighted by Gasteiger charge is 2.32. The van der Waals surface area contributed by atoms with Crippen molar-refractivity contribution in [3.8, 4) is 0 Å². The lowest BCUT2D eigenvalue weighted by Crippen LogP contribution is -2.47. The first-order valence-electron chi connectivity index (χ1n) is 9.44. The molecule has 2 saturated heterocycles. The molecule has 2 aliphatic rings. The minimum Gasteiger partial charge on any atom is -0.369 e. The summed E-state index contributed by atoms with van der Waals surface area (Å²) >= 11 is 0. The summed E-state index contributed by atoms with van der Waals surface area (Å²) in [6, 6.07) is 9.74. The molecule has 2 aliphatic heterocycles. The maximum absolute atomic E-state index is 12.7. The monoisotopic (exact) mass is 357 g/mol. The van der Waals surface area contributed by atoms with E-state index in [0.29, 0.717) is 45.4 Å². The Balaban J connectivity index is 1.45. The largest absolute Gasteiger partial charge is 0.369 e. The van der Waals surface area contributed by atoms with E-state index in [1.807, 2.05) is 40.1 Å². The molecule has 3 amide bonds. The van der Waals surface area contributed by atoms with Crippen molar-refractivity contribution in [2.75, 3.05) is 26.2 Å². The van der Waals surface area contributed by atoms with Crippen LogP contribution in [-0.4, -0.2) is 53.7 Å². The van der Waals surface area contributed by atoms with Crippen molar-refractivity contribution >= 4 is 17.7 Å². The summed E-state index contributed by atoms with van der Waals surface area (Å²) < 4.78 is 0. The SMILES string of the molecule is NC(=O)C1CCN(C(=O)C2CCN(C(=O)Cc3ccccc3)CC2)CC1. The van der Waals surface area contributed by atoms with Gasteiger partial charge in [0.1, 0.15) is 0 Å². The van der Waals surface area contributed by atoms with Gasteiger partial charge in [0.05, 0.1) is 6.42 Å². The summed E-state index contributed by atoms with van der Waals surface area (Å²) in [6.45, 7) is 2.50. The van der Waals surface area contributed by atoms with Gasteiger partial charge in [0, 0.05) is 38.0 Å². The van der Waals surface area contributed by atoms with Gasteiger partial charge in [-0.25, -0.2) is 0 Å². The molecule has 2 heterocycles. The zero-order chi connectivity index (χ0) is 18.5. The van der Waals surface area contributed by atoms with Crippen molar-refractivity contribution in [2.45, 2.75) is 32.1 Å². The molecule has 1 aromatic rings. The number of piperidine rings is 2. The molecular weight excluding hydrogens is 330 g/mol. The normalized spacial score (nSPS) is 19.4. The molecule has 6 nitrogen and oxygen atoms in total. The van der Waals surface area contributed by atoms with Gasteiger partial charge in [-0.05, 0) is 31.2 Å². The highest BCUT2D eigenvalue weighted by molar-refractivity contribution is 5.82. The van der Waals surface area contributed by atoms with E-state index in [9.17, 15) is 14.4 Å². The molecule has 0 unspecified atom stereocenters. The molecule has 0 spiro atoms. The van der Waals surface area contributed by atoms with Gasteiger partial charge in [-0.15, -0.1) is 0 Å². The average Bonchev–Trinajstić information content (AvgIpc) is 2.68. The molecule has 0 radical (unpaired) electrons. The van der Waals surface area contributed by atoms with Gasteiger partial charge in [-0.1, -0.05) is 30.3 Å². The minimum atomic E-state index is -0.262. The van der Waals surface area contributed by atoms with Crippen molar-refractivity contribution in [1.82, 2.24) is 9.80 Å². The van der Waals surface area contributed by atoms with E-state index in [-0.39, 0.29) is 29.6 Å². The molecule has 2 fully saturated rings. The second-order valence-corrected chi connectivity index (χ2v) is 7.32. The Bertz CT molecular complexity index is 646. The number of primary amides is 1. The van der Waals surface area contributed by atoms with Crippen molar-refractivity contribution in [2.24, 2.45) is 17.6 Å². The highest BCUT2D eigenvalue weighted by Crippen LogP contribution is 2.24. The number of hydrogen-bond acceptors (Lipinski definition) is 3. The van der Waals surface area contributed by atoms with Gasteiger partial charge in [0.15, 0.2) is 0 Å².